The molecule has 0 bridgehead atoms. The summed E-state index contributed by atoms with van der Waals surface area (Å²) in [5.41, 5.74) is 3.54. The normalized spacial score (nSPS) is 10.9. The number of benzene rings is 2. The van der Waals surface area contributed by atoms with Gasteiger partial charge in [-0.1, -0.05) is 17.7 Å². The summed E-state index contributed by atoms with van der Waals surface area (Å²) < 4.78 is 0. The number of hydrogen-bond acceptors (Lipinski definition) is 5. The van der Waals surface area contributed by atoms with Crippen molar-refractivity contribution in [3.8, 4) is 11.5 Å². The Morgan fingerprint density at radius 2 is 1.83 bits per heavy atom. The van der Waals surface area contributed by atoms with Crippen LogP contribution in [-0.4, -0.2) is 15.2 Å². The zero-order valence-electron chi connectivity index (χ0n) is 12.9. The number of hydrogen-bond donors (Lipinski definition) is 2. The summed E-state index contributed by atoms with van der Waals surface area (Å²) in [4.78, 5) is 15.2. The van der Waals surface area contributed by atoms with Gasteiger partial charge in [-0.2, -0.15) is 0 Å². The van der Waals surface area contributed by atoms with Crippen LogP contribution in [0.4, 0.5) is 5.69 Å². The summed E-state index contributed by atoms with van der Waals surface area (Å²) in [6.07, 6.45) is 1.84. The second-order valence-electron chi connectivity index (χ2n) is 5.66. The molecule has 0 aliphatic heterocycles. The molecule has 5 nitrogen and oxygen atoms in total. The second kappa shape index (κ2) is 5.68. The first-order valence-corrected chi connectivity index (χ1v) is 7.23. The molecule has 0 saturated carbocycles. The summed E-state index contributed by atoms with van der Waals surface area (Å²) in [6, 6.07) is 8.67. The molecule has 0 fully saturated rings. The van der Waals surface area contributed by atoms with Crippen LogP contribution in [0.2, 0.25) is 0 Å². The molecule has 0 amide bonds. The van der Waals surface area contributed by atoms with E-state index in [9.17, 15) is 15.1 Å². The minimum absolute atomic E-state index is 0.00607. The van der Waals surface area contributed by atoms with E-state index in [1.165, 1.54) is 0 Å². The molecule has 23 heavy (non-hydrogen) atoms. The van der Waals surface area contributed by atoms with E-state index in [1.807, 2.05) is 26.0 Å². The summed E-state index contributed by atoms with van der Waals surface area (Å²) in [5.74, 6) is 0.197. The van der Waals surface area contributed by atoms with Gasteiger partial charge in [-0.25, -0.2) is 0 Å². The first kappa shape index (κ1) is 15.0. The van der Waals surface area contributed by atoms with Gasteiger partial charge in [0.2, 0.25) is 0 Å². The van der Waals surface area contributed by atoms with Crippen molar-refractivity contribution in [2.24, 2.45) is 5.18 Å². The Kier molecular flexibility index (Phi) is 3.70. The van der Waals surface area contributed by atoms with Crippen LogP contribution in [0.3, 0.4) is 0 Å². The Morgan fingerprint density at radius 3 is 2.57 bits per heavy atom. The predicted octanol–water partition coefficient (Wildman–Crippen LogP) is 4.25. The molecule has 0 atom stereocenters. The van der Waals surface area contributed by atoms with Crippen molar-refractivity contribution in [3.05, 3.63) is 63.7 Å². The van der Waals surface area contributed by atoms with E-state index in [0.29, 0.717) is 22.0 Å². The Labute approximate surface area is 133 Å². The van der Waals surface area contributed by atoms with Crippen LogP contribution in [-0.2, 0) is 6.42 Å². The van der Waals surface area contributed by atoms with E-state index >= 15 is 0 Å². The van der Waals surface area contributed by atoms with Gasteiger partial charge in [0.05, 0.1) is 0 Å². The van der Waals surface area contributed by atoms with Crippen LogP contribution in [0.1, 0.15) is 22.3 Å². The quantitative estimate of drug-likeness (QED) is 0.708. The number of nitrogens with zero attached hydrogens (tertiary/aromatic N) is 2. The average Bonchev–Trinajstić information content (AvgIpc) is 2.54. The molecular weight excluding hydrogens is 292 g/mol. The molecule has 2 N–H and O–H groups in total. The van der Waals surface area contributed by atoms with E-state index in [-0.39, 0.29) is 23.6 Å². The number of aryl methyl sites for hydroxylation is 2. The van der Waals surface area contributed by atoms with Gasteiger partial charge in [-0.15, -0.1) is 4.91 Å². The highest BCUT2D eigenvalue weighted by molar-refractivity contribution is 5.95. The highest BCUT2D eigenvalue weighted by Crippen LogP contribution is 2.37. The Hall–Kier alpha value is -2.95. The lowest BCUT2D eigenvalue weighted by atomic mass is 9.97. The average molecular weight is 308 g/mol. The second-order valence-corrected chi connectivity index (χ2v) is 5.66. The summed E-state index contributed by atoms with van der Waals surface area (Å²) in [5, 5.41) is 24.2. The van der Waals surface area contributed by atoms with Crippen molar-refractivity contribution in [3.63, 3.8) is 0 Å². The number of aromatic nitrogens is 1. The number of aromatic hydroxyl groups is 2. The molecule has 0 unspecified atom stereocenters. The minimum atomic E-state index is 0.00607. The van der Waals surface area contributed by atoms with E-state index in [0.717, 1.165) is 11.1 Å². The number of rotatable bonds is 3. The smallest absolute Gasteiger partial charge is 0.145 e. The van der Waals surface area contributed by atoms with Gasteiger partial charge in [-0.05, 0) is 48.4 Å². The summed E-state index contributed by atoms with van der Waals surface area (Å²) in [7, 11) is 0. The number of nitroso groups, excluding NO2 is 1. The van der Waals surface area contributed by atoms with Gasteiger partial charge >= 0.3 is 0 Å². The standard InChI is InChI=1S/C18H16N2O3/c1-10-6-11(2)17(21)12(7-10)8-13-9-15(20-23)14-4-3-5-19-16(14)18(13)22/h3-7,9,21-22H,8H2,1-2H3. The van der Waals surface area contributed by atoms with Crippen molar-refractivity contribution in [1.82, 2.24) is 4.98 Å². The van der Waals surface area contributed by atoms with Gasteiger partial charge < -0.3 is 10.2 Å². The maximum Gasteiger partial charge on any atom is 0.145 e. The van der Waals surface area contributed by atoms with Crippen LogP contribution >= 0.6 is 0 Å². The first-order chi connectivity index (χ1) is 11.0. The monoisotopic (exact) mass is 308 g/mol. The Bertz CT molecular complexity index is 920. The maximum absolute atomic E-state index is 11.1. The van der Waals surface area contributed by atoms with Crippen LogP contribution in [0.25, 0.3) is 10.9 Å². The molecule has 0 aliphatic carbocycles. The van der Waals surface area contributed by atoms with Crippen LogP contribution in [0.5, 0.6) is 11.5 Å². The molecule has 1 aromatic heterocycles. The highest BCUT2D eigenvalue weighted by Gasteiger charge is 2.15. The van der Waals surface area contributed by atoms with E-state index in [2.05, 4.69) is 10.2 Å². The molecule has 0 aliphatic rings. The zero-order chi connectivity index (χ0) is 16.6. The van der Waals surface area contributed by atoms with Crippen molar-refractivity contribution < 1.29 is 10.2 Å². The molecule has 0 radical (unpaired) electrons. The topological polar surface area (TPSA) is 82.8 Å². The van der Waals surface area contributed by atoms with Gasteiger partial charge in [-0.3, -0.25) is 4.98 Å². The first-order valence-electron chi connectivity index (χ1n) is 7.23. The molecule has 116 valence electrons. The molecular formula is C18H16N2O3. The van der Waals surface area contributed by atoms with E-state index < -0.39 is 0 Å². The lowest BCUT2D eigenvalue weighted by molar-refractivity contribution is 0.461. The summed E-state index contributed by atoms with van der Waals surface area (Å²) >= 11 is 0. The number of phenolic OH excluding ortho intramolecular Hbond substituents is 2. The van der Waals surface area contributed by atoms with Crippen molar-refractivity contribution >= 4 is 16.6 Å². The molecule has 3 aromatic rings. The molecule has 2 aromatic carbocycles. The molecule has 3 rings (SSSR count). The third-order valence-electron chi connectivity index (χ3n) is 3.93. The van der Waals surface area contributed by atoms with E-state index in [4.69, 9.17) is 0 Å². The van der Waals surface area contributed by atoms with Crippen molar-refractivity contribution in [1.29, 1.82) is 0 Å². The van der Waals surface area contributed by atoms with Crippen molar-refractivity contribution in [2.75, 3.05) is 0 Å². The SMILES string of the molecule is Cc1cc(C)c(O)c(Cc2cc(N=O)c3cccnc3c2O)c1. The number of fused-ring (bicyclic) bond motifs is 1. The molecule has 1 heterocycles. The van der Waals surface area contributed by atoms with Gasteiger partial charge in [0.15, 0.2) is 0 Å². The lowest BCUT2D eigenvalue weighted by Gasteiger charge is -2.12. The Morgan fingerprint density at radius 1 is 1.09 bits per heavy atom. The van der Waals surface area contributed by atoms with Crippen LogP contribution in [0.15, 0.2) is 41.7 Å². The largest absolute Gasteiger partial charge is 0.507 e. The van der Waals surface area contributed by atoms with Gasteiger partial charge in [0.1, 0.15) is 22.7 Å². The fourth-order valence-corrected chi connectivity index (χ4v) is 2.86. The van der Waals surface area contributed by atoms with Crippen molar-refractivity contribution in [2.45, 2.75) is 20.3 Å². The highest BCUT2D eigenvalue weighted by atomic mass is 16.3. The third-order valence-corrected chi connectivity index (χ3v) is 3.93. The van der Waals surface area contributed by atoms with Gasteiger partial charge in [0.25, 0.3) is 0 Å². The van der Waals surface area contributed by atoms with Crippen LogP contribution < -0.4 is 0 Å². The molecule has 0 saturated heterocycles. The fourth-order valence-electron chi connectivity index (χ4n) is 2.86. The van der Waals surface area contributed by atoms with E-state index in [1.54, 1.807) is 24.4 Å². The van der Waals surface area contributed by atoms with Crippen LogP contribution in [0, 0.1) is 18.8 Å². The van der Waals surface area contributed by atoms with Gasteiger partial charge in [0, 0.05) is 23.6 Å². The number of phenols is 2. The maximum atomic E-state index is 11.1. The Balaban J connectivity index is 2.18. The molecule has 0 spiro atoms. The minimum Gasteiger partial charge on any atom is -0.507 e. The number of pyridine rings is 1. The third kappa shape index (κ3) is 2.61. The lowest BCUT2D eigenvalue weighted by Crippen LogP contribution is -1.94. The zero-order valence-corrected chi connectivity index (χ0v) is 12.9. The predicted molar refractivity (Wildman–Crippen MR) is 89.2 cm³/mol. The fraction of sp³-hybridized carbons (Fsp3) is 0.167. The summed E-state index contributed by atoms with van der Waals surface area (Å²) in [6.45, 7) is 3.77. The molecule has 5 heteroatoms.